The minimum atomic E-state index is -0.932. The number of carboxylic acids is 1. The molecule has 0 unspecified atom stereocenters. The summed E-state index contributed by atoms with van der Waals surface area (Å²) in [6, 6.07) is 0. The Morgan fingerprint density at radius 3 is 2.33 bits per heavy atom. The van der Waals surface area contributed by atoms with E-state index in [1.807, 2.05) is 0 Å². The second-order valence-electron chi connectivity index (χ2n) is 4.39. The van der Waals surface area contributed by atoms with Crippen LogP contribution in [0.25, 0.3) is 0 Å². The third-order valence-electron chi connectivity index (χ3n) is 1.76. The maximum absolute atomic E-state index is 11.2. The van der Waals surface area contributed by atoms with Crippen LogP contribution in [0.3, 0.4) is 0 Å². The van der Waals surface area contributed by atoms with Crippen LogP contribution in [0.4, 0.5) is 0 Å². The molecule has 0 spiro atoms. The number of carboxylic acid groups (broad SMARTS) is 1. The van der Waals surface area contributed by atoms with Crippen molar-refractivity contribution in [3.63, 3.8) is 0 Å². The highest BCUT2D eigenvalue weighted by atomic mass is 16.5. The van der Waals surface area contributed by atoms with E-state index in [9.17, 15) is 9.59 Å². The molecular weight excluding hydrogens is 198 g/mol. The van der Waals surface area contributed by atoms with Crippen molar-refractivity contribution in [3.05, 3.63) is 0 Å². The van der Waals surface area contributed by atoms with Crippen LogP contribution in [0.15, 0.2) is 0 Å². The van der Waals surface area contributed by atoms with E-state index in [4.69, 9.17) is 9.84 Å². The van der Waals surface area contributed by atoms with E-state index in [1.165, 1.54) is 0 Å². The molecule has 0 aromatic rings. The first-order valence-corrected chi connectivity index (χ1v) is 4.88. The number of carbonyl (C=O) groups is 2. The maximum Gasteiger partial charge on any atom is 0.317 e. The molecule has 0 radical (unpaired) electrons. The Hall–Kier alpha value is -1.10. The van der Waals surface area contributed by atoms with Crippen molar-refractivity contribution in [1.82, 2.24) is 5.32 Å². The molecule has 0 saturated heterocycles. The number of hydrogen-bond donors (Lipinski definition) is 2. The zero-order chi connectivity index (χ0) is 12.1. The molecule has 0 amide bonds. The van der Waals surface area contributed by atoms with Gasteiger partial charge in [-0.05, 0) is 13.8 Å². The molecule has 0 aromatic heterocycles. The first-order chi connectivity index (χ1) is 6.74. The zero-order valence-electron chi connectivity index (χ0n) is 9.66. The van der Waals surface area contributed by atoms with Crippen molar-refractivity contribution in [1.29, 1.82) is 0 Å². The van der Waals surface area contributed by atoms with Gasteiger partial charge in [0.2, 0.25) is 0 Å². The second kappa shape index (κ2) is 5.70. The van der Waals surface area contributed by atoms with Gasteiger partial charge in [-0.15, -0.1) is 0 Å². The van der Waals surface area contributed by atoms with Crippen LogP contribution in [-0.4, -0.2) is 35.7 Å². The maximum atomic E-state index is 11.2. The van der Waals surface area contributed by atoms with Crippen molar-refractivity contribution in [2.75, 3.05) is 13.2 Å². The summed E-state index contributed by atoms with van der Waals surface area (Å²) in [6.45, 7) is 7.08. The average Bonchev–Trinajstić information content (AvgIpc) is 2.11. The summed E-state index contributed by atoms with van der Waals surface area (Å²) in [6.07, 6.45) is 0. The molecule has 0 atom stereocenters. The molecule has 0 aromatic carbocycles. The molecule has 0 aliphatic carbocycles. The molecule has 15 heavy (non-hydrogen) atoms. The van der Waals surface area contributed by atoms with Crippen molar-refractivity contribution in [2.24, 2.45) is 5.92 Å². The van der Waals surface area contributed by atoms with Gasteiger partial charge < -0.3 is 9.84 Å². The highest BCUT2D eigenvalue weighted by molar-refractivity contribution is 5.71. The number of aliphatic carboxylic acids is 1. The smallest absolute Gasteiger partial charge is 0.317 e. The number of esters is 1. The summed E-state index contributed by atoms with van der Waals surface area (Å²) in [5, 5.41) is 11.2. The summed E-state index contributed by atoms with van der Waals surface area (Å²) in [5.41, 5.74) is -0.525. The van der Waals surface area contributed by atoms with Crippen molar-refractivity contribution in [3.8, 4) is 0 Å². The minimum absolute atomic E-state index is 0.147. The molecule has 0 aliphatic heterocycles. The van der Waals surface area contributed by atoms with Gasteiger partial charge in [-0.25, -0.2) is 0 Å². The summed E-state index contributed by atoms with van der Waals surface area (Å²) < 4.78 is 5.01. The number of hydrogen-bond acceptors (Lipinski definition) is 4. The van der Waals surface area contributed by atoms with Crippen LogP contribution in [0.5, 0.6) is 0 Å². The zero-order valence-corrected chi connectivity index (χ0v) is 9.66. The fourth-order valence-corrected chi connectivity index (χ4v) is 0.784. The molecule has 5 heteroatoms. The number of ether oxygens (including phenoxy) is 1. The van der Waals surface area contributed by atoms with Gasteiger partial charge in [-0.3, -0.25) is 14.9 Å². The van der Waals surface area contributed by atoms with Crippen LogP contribution < -0.4 is 5.32 Å². The van der Waals surface area contributed by atoms with Gasteiger partial charge in [0.05, 0.1) is 12.5 Å². The summed E-state index contributed by atoms with van der Waals surface area (Å²) in [7, 11) is 0. The van der Waals surface area contributed by atoms with E-state index < -0.39 is 11.5 Å². The molecule has 5 nitrogen and oxygen atoms in total. The Labute approximate surface area is 89.8 Å². The Morgan fingerprint density at radius 1 is 1.40 bits per heavy atom. The number of rotatable bonds is 6. The molecule has 0 fully saturated rings. The standard InChI is InChI=1S/C10H19NO4/c1-7(2)9(14)15-6-10(3,4)11-5-8(12)13/h7,11H,5-6H2,1-4H3,(H,12,13). The van der Waals surface area contributed by atoms with Gasteiger partial charge in [0.25, 0.3) is 0 Å². The lowest BCUT2D eigenvalue weighted by molar-refractivity contribution is -0.149. The highest BCUT2D eigenvalue weighted by Gasteiger charge is 2.21. The lowest BCUT2D eigenvalue weighted by atomic mass is 10.1. The van der Waals surface area contributed by atoms with Gasteiger partial charge in [-0.1, -0.05) is 13.8 Å². The molecule has 0 rings (SSSR count). The lowest BCUT2D eigenvalue weighted by Crippen LogP contribution is -2.46. The summed E-state index contributed by atoms with van der Waals surface area (Å²) >= 11 is 0. The highest BCUT2D eigenvalue weighted by Crippen LogP contribution is 2.05. The van der Waals surface area contributed by atoms with Crippen molar-refractivity contribution >= 4 is 11.9 Å². The Balaban J connectivity index is 3.93. The van der Waals surface area contributed by atoms with Gasteiger partial charge >= 0.3 is 11.9 Å². The largest absolute Gasteiger partial charge is 0.480 e. The first kappa shape index (κ1) is 13.9. The fourth-order valence-electron chi connectivity index (χ4n) is 0.784. The molecule has 0 saturated carbocycles. The molecule has 88 valence electrons. The molecule has 0 aliphatic rings. The Kier molecular flexibility index (Phi) is 5.28. The Morgan fingerprint density at radius 2 is 1.93 bits per heavy atom. The molecular formula is C10H19NO4. The summed E-state index contributed by atoms with van der Waals surface area (Å²) in [4.78, 5) is 21.5. The van der Waals surface area contributed by atoms with Crippen LogP contribution in [0.1, 0.15) is 27.7 Å². The lowest BCUT2D eigenvalue weighted by Gasteiger charge is -2.25. The van der Waals surface area contributed by atoms with Crippen molar-refractivity contribution in [2.45, 2.75) is 33.2 Å². The van der Waals surface area contributed by atoms with Crippen LogP contribution in [-0.2, 0) is 14.3 Å². The van der Waals surface area contributed by atoms with Gasteiger partial charge in [0.15, 0.2) is 0 Å². The average molecular weight is 217 g/mol. The third kappa shape index (κ3) is 6.90. The molecule has 2 N–H and O–H groups in total. The Bertz CT molecular complexity index is 236. The second-order valence-corrected chi connectivity index (χ2v) is 4.39. The van der Waals surface area contributed by atoms with Gasteiger partial charge in [0, 0.05) is 5.54 Å². The number of carbonyl (C=O) groups excluding carboxylic acids is 1. The van der Waals surface area contributed by atoms with Gasteiger partial charge in [-0.2, -0.15) is 0 Å². The fraction of sp³-hybridized carbons (Fsp3) is 0.800. The van der Waals surface area contributed by atoms with E-state index >= 15 is 0 Å². The molecule has 0 heterocycles. The predicted molar refractivity (Wildman–Crippen MR) is 55.5 cm³/mol. The topological polar surface area (TPSA) is 75.6 Å². The summed E-state index contributed by atoms with van der Waals surface area (Å²) in [5.74, 6) is -1.38. The van der Waals surface area contributed by atoms with Gasteiger partial charge in [0.1, 0.15) is 6.61 Å². The monoisotopic (exact) mass is 217 g/mol. The van der Waals surface area contributed by atoms with E-state index in [0.29, 0.717) is 0 Å². The van der Waals surface area contributed by atoms with E-state index in [-0.39, 0.29) is 25.0 Å². The normalized spacial score (nSPS) is 11.5. The van der Waals surface area contributed by atoms with E-state index in [1.54, 1.807) is 27.7 Å². The predicted octanol–water partition coefficient (Wildman–Crippen LogP) is 0.638. The van der Waals surface area contributed by atoms with Crippen LogP contribution in [0, 0.1) is 5.92 Å². The third-order valence-corrected chi connectivity index (χ3v) is 1.76. The molecule has 0 bridgehead atoms. The van der Waals surface area contributed by atoms with E-state index in [0.717, 1.165) is 0 Å². The quantitative estimate of drug-likeness (QED) is 0.638. The minimum Gasteiger partial charge on any atom is -0.480 e. The SMILES string of the molecule is CC(C)C(=O)OCC(C)(C)NCC(=O)O. The van der Waals surface area contributed by atoms with Crippen molar-refractivity contribution < 1.29 is 19.4 Å². The van der Waals surface area contributed by atoms with Crippen LogP contribution in [0.2, 0.25) is 0 Å². The van der Waals surface area contributed by atoms with Crippen LogP contribution >= 0.6 is 0 Å². The first-order valence-electron chi connectivity index (χ1n) is 4.88. The van der Waals surface area contributed by atoms with E-state index in [2.05, 4.69) is 5.32 Å². The number of nitrogens with one attached hydrogen (secondary N) is 1.